The molecule has 0 saturated carbocycles. The lowest BCUT2D eigenvalue weighted by Gasteiger charge is -2.23. The standard InChI is InChI=1S/C9H16N4O5/c1-9(2,3)18-8(17)12-6(7(15)16)5(14)4-11-13-10/h5-6,14H,4H2,1-3H3,(H,12,17)(H,15,16). The number of ether oxygens (including phenoxy) is 1. The maximum atomic E-state index is 11.3. The number of nitrogens with one attached hydrogen (secondary N) is 1. The minimum atomic E-state index is -1.61. The SMILES string of the molecule is CC(C)(C)OC(=O)NC(C(=O)O)C(O)CN=[N+]=[N-]. The predicted molar refractivity (Wildman–Crippen MR) is 60.8 cm³/mol. The van der Waals surface area contributed by atoms with E-state index in [1.54, 1.807) is 20.8 Å². The molecule has 1 amide bonds. The monoisotopic (exact) mass is 260 g/mol. The van der Waals surface area contributed by atoms with Crippen LogP contribution in [0, 0.1) is 0 Å². The molecule has 0 heterocycles. The Balaban J connectivity index is 4.58. The lowest BCUT2D eigenvalue weighted by Crippen LogP contribution is -2.51. The van der Waals surface area contributed by atoms with Crippen LogP contribution < -0.4 is 5.32 Å². The van der Waals surface area contributed by atoms with Crippen molar-refractivity contribution in [2.45, 2.75) is 38.5 Å². The summed E-state index contributed by atoms with van der Waals surface area (Å²) in [6.45, 7) is 4.36. The van der Waals surface area contributed by atoms with Crippen molar-refractivity contribution < 1.29 is 24.5 Å². The number of hydrogen-bond donors (Lipinski definition) is 3. The van der Waals surface area contributed by atoms with Crippen molar-refractivity contribution in [1.29, 1.82) is 0 Å². The van der Waals surface area contributed by atoms with E-state index in [1.807, 2.05) is 5.32 Å². The van der Waals surface area contributed by atoms with Gasteiger partial charge in [0.2, 0.25) is 0 Å². The Bertz CT molecular complexity index is 358. The number of aliphatic carboxylic acids is 1. The van der Waals surface area contributed by atoms with Gasteiger partial charge in [-0.3, -0.25) is 0 Å². The van der Waals surface area contributed by atoms with Crippen LogP contribution in [0.1, 0.15) is 20.8 Å². The van der Waals surface area contributed by atoms with E-state index in [4.69, 9.17) is 15.4 Å². The van der Waals surface area contributed by atoms with Crippen LogP contribution >= 0.6 is 0 Å². The fraction of sp³-hybridized carbons (Fsp3) is 0.778. The second-order valence-electron chi connectivity index (χ2n) is 4.44. The molecule has 18 heavy (non-hydrogen) atoms. The molecular weight excluding hydrogens is 244 g/mol. The molecule has 2 atom stereocenters. The number of rotatable bonds is 5. The van der Waals surface area contributed by atoms with Crippen LogP contribution in [0.25, 0.3) is 10.4 Å². The third-order valence-corrected chi connectivity index (χ3v) is 1.66. The highest BCUT2D eigenvalue weighted by atomic mass is 16.6. The van der Waals surface area contributed by atoms with Crippen molar-refractivity contribution >= 4 is 12.1 Å². The molecule has 0 saturated heterocycles. The lowest BCUT2D eigenvalue weighted by molar-refractivity contribution is -0.142. The molecule has 2 unspecified atom stereocenters. The normalized spacial score (nSPS) is 14.0. The summed E-state index contributed by atoms with van der Waals surface area (Å²) in [5.41, 5.74) is 7.27. The lowest BCUT2D eigenvalue weighted by atomic mass is 10.1. The van der Waals surface area contributed by atoms with Gasteiger partial charge >= 0.3 is 12.1 Å². The first-order chi connectivity index (χ1) is 8.17. The molecule has 3 N–H and O–H groups in total. The van der Waals surface area contributed by atoms with E-state index in [0.717, 1.165) is 0 Å². The smallest absolute Gasteiger partial charge is 0.408 e. The van der Waals surface area contributed by atoms with E-state index in [1.165, 1.54) is 0 Å². The van der Waals surface area contributed by atoms with Crippen LogP contribution in [0.15, 0.2) is 5.11 Å². The predicted octanol–water partition coefficient (Wildman–Crippen LogP) is 0.635. The summed E-state index contributed by atoms with van der Waals surface area (Å²) in [6.07, 6.45) is -2.51. The second-order valence-corrected chi connectivity index (χ2v) is 4.44. The molecule has 0 aromatic heterocycles. The van der Waals surface area contributed by atoms with Crippen LogP contribution in [-0.2, 0) is 9.53 Å². The fourth-order valence-corrected chi connectivity index (χ4v) is 0.983. The Kier molecular flexibility index (Phi) is 5.94. The first kappa shape index (κ1) is 16.0. The van der Waals surface area contributed by atoms with Crippen molar-refractivity contribution in [2.24, 2.45) is 5.11 Å². The summed E-state index contributed by atoms with van der Waals surface area (Å²) in [6, 6.07) is -1.61. The van der Waals surface area contributed by atoms with Crippen LogP contribution in [0.2, 0.25) is 0 Å². The number of azide groups is 1. The molecular formula is C9H16N4O5. The highest BCUT2D eigenvalue weighted by Gasteiger charge is 2.29. The minimum Gasteiger partial charge on any atom is -0.480 e. The van der Waals surface area contributed by atoms with E-state index in [9.17, 15) is 14.7 Å². The van der Waals surface area contributed by atoms with Crippen molar-refractivity contribution in [3.05, 3.63) is 10.4 Å². The van der Waals surface area contributed by atoms with E-state index in [0.29, 0.717) is 0 Å². The second kappa shape index (κ2) is 6.67. The molecule has 0 spiro atoms. The number of carboxylic acid groups (broad SMARTS) is 1. The largest absolute Gasteiger partial charge is 0.480 e. The van der Waals surface area contributed by atoms with Gasteiger partial charge in [0.15, 0.2) is 6.04 Å². The van der Waals surface area contributed by atoms with E-state index >= 15 is 0 Å². The van der Waals surface area contributed by atoms with Gasteiger partial charge in [-0.2, -0.15) is 0 Å². The number of aliphatic hydroxyl groups is 1. The number of alkyl carbamates (subject to hydrolysis) is 1. The van der Waals surface area contributed by atoms with E-state index in [2.05, 4.69) is 10.0 Å². The number of amides is 1. The van der Waals surface area contributed by atoms with Gasteiger partial charge in [-0.25, -0.2) is 9.59 Å². The summed E-state index contributed by atoms with van der Waals surface area (Å²) in [5, 5.41) is 23.3. The number of carbonyl (C=O) groups excluding carboxylic acids is 1. The minimum absolute atomic E-state index is 0.469. The summed E-state index contributed by atoms with van der Waals surface area (Å²) < 4.78 is 4.85. The Morgan fingerprint density at radius 3 is 2.44 bits per heavy atom. The molecule has 102 valence electrons. The summed E-state index contributed by atoms with van der Waals surface area (Å²) >= 11 is 0. The van der Waals surface area contributed by atoms with Crippen LogP contribution in [0.3, 0.4) is 0 Å². The first-order valence-corrected chi connectivity index (χ1v) is 5.08. The molecule has 0 bridgehead atoms. The van der Waals surface area contributed by atoms with Crippen LogP contribution in [-0.4, -0.2) is 46.6 Å². The van der Waals surface area contributed by atoms with Crippen molar-refractivity contribution in [3.8, 4) is 0 Å². The van der Waals surface area contributed by atoms with Crippen molar-refractivity contribution in [1.82, 2.24) is 5.32 Å². The van der Waals surface area contributed by atoms with Crippen molar-refractivity contribution in [3.63, 3.8) is 0 Å². The molecule has 0 fully saturated rings. The van der Waals surface area contributed by atoms with Gasteiger partial charge in [-0.05, 0) is 26.3 Å². The fourth-order valence-electron chi connectivity index (χ4n) is 0.983. The Hall–Kier alpha value is -1.99. The van der Waals surface area contributed by atoms with Gasteiger partial charge in [0.25, 0.3) is 0 Å². The summed E-state index contributed by atoms with van der Waals surface area (Å²) in [5.74, 6) is -1.46. The molecule has 0 aliphatic carbocycles. The number of nitrogens with zero attached hydrogens (tertiary/aromatic N) is 3. The topological polar surface area (TPSA) is 145 Å². The number of aliphatic hydroxyl groups excluding tert-OH is 1. The molecule has 0 rings (SSSR count). The van der Waals surface area contributed by atoms with Gasteiger partial charge in [-0.1, -0.05) is 5.11 Å². The highest BCUT2D eigenvalue weighted by molar-refractivity contribution is 5.80. The Morgan fingerprint density at radius 1 is 1.50 bits per heavy atom. The summed E-state index contributed by atoms with van der Waals surface area (Å²) in [4.78, 5) is 24.6. The number of hydrogen-bond acceptors (Lipinski definition) is 5. The van der Waals surface area contributed by atoms with Gasteiger partial charge in [0.05, 0.1) is 12.6 Å². The Labute approximate surface area is 103 Å². The van der Waals surface area contributed by atoms with Gasteiger partial charge in [0.1, 0.15) is 5.60 Å². The molecule has 0 aliphatic rings. The molecule has 0 radical (unpaired) electrons. The zero-order chi connectivity index (χ0) is 14.3. The third kappa shape index (κ3) is 6.56. The molecule has 9 nitrogen and oxygen atoms in total. The molecule has 0 aromatic rings. The van der Waals surface area contributed by atoms with Gasteiger partial charge < -0.3 is 20.3 Å². The van der Waals surface area contributed by atoms with Crippen molar-refractivity contribution in [2.75, 3.05) is 6.54 Å². The number of carbonyl (C=O) groups is 2. The quantitative estimate of drug-likeness (QED) is 0.377. The van der Waals surface area contributed by atoms with Gasteiger partial charge in [0, 0.05) is 4.91 Å². The molecule has 0 aromatic carbocycles. The first-order valence-electron chi connectivity index (χ1n) is 5.08. The van der Waals surface area contributed by atoms with E-state index in [-0.39, 0.29) is 0 Å². The highest BCUT2D eigenvalue weighted by Crippen LogP contribution is 2.07. The van der Waals surface area contributed by atoms with E-state index < -0.39 is 36.4 Å². The van der Waals surface area contributed by atoms with Crippen LogP contribution in [0.5, 0.6) is 0 Å². The van der Waals surface area contributed by atoms with Gasteiger partial charge in [-0.15, -0.1) is 0 Å². The average molecular weight is 260 g/mol. The maximum absolute atomic E-state index is 11.3. The number of carboxylic acids is 1. The Morgan fingerprint density at radius 2 is 2.06 bits per heavy atom. The zero-order valence-corrected chi connectivity index (χ0v) is 10.3. The molecule has 0 aliphatic heterocycles. The average Bonchev–Trinajstić information content (AvgIpc) is 2.19. The third-order valence-electron chi connectivity index (χ3n) is 1.66. The summed E-state index contributed by atoms with van der Waals surface area (Å²) in [7, 11) is 0. The maximum Gasteiger partial charge on any atom is 0.408 e. The molecule has 9 heteroatoms. The zero-order valence-electron chi connectivity index (χ0n) is 10.3. The van der Waals surface area contributed by atoms with Crippen LogP contribution in [0.4, 0.5) is 4.79 Å².